The van der Waals surface area contributed by atoms with E-state index in [1.165, 1.54) is 12.4 Å². The van der Waals surface area contributed by atoms with E-state index in [0.29, 0.717) is 56.0 Å². The topological polar surface area (TPSA) is 88.4 Å². The highest BCUT2D eigenvalue weighted by Crippen LogP contribution is 2.15. The van der Waals surface area contributed by atoms with Gasteiger partial charge in [0.25, 0.3) is 0 Å². The maximum absolute atomic E-state index is 12.3. The number of carbonyl (C=O) groups is 2. The molecule has 0 N–H and O–H groups in total. The molecule has 0 radical (unpaired) electrons. The van der Waals surface area contributed by atoms with Gasteiger partial charge in [-0.15, -0.1) is 0 Å². The Morgan fingerprint density at radius 2 is 2.00 bits per heavy atom. The van der Waals surface area contributed by atoms with Crippen LogP contribution in [0.25, 0.3) is 11.0 Å². The van der Waals surface area contributed by atoms with Crippen LogP contribution in [0.3, 0.4) is 0 Å². The van der Waals surface area contributed by atoms with Crippen molar-refractivity contribution in [3.8, 4) is 0 Å². The average molecular weight is 329 g/mol. The number of pyridine rings is 1. The second-order valence-corrected chi connectivity index (χ2v) is 5.72. The van der Waals surface area contributed by atoms with Crippen molar-refractivity contribution in [3.63, 3.8) is 0 Å². The Balaban J connectivity index is 1.99. The summed E-state index contributed by atoms with van der Waals surface area (Å²) in [6, 6.07) is 0. The number of hydrogen-bond donors (Lipinski definition) is 0. The number of amides is 1. The van der Waals surface area contributed by atoms with Crippen LogP contribution in [-0.2, 0) is 11.3 Å². The van der Waals surface area contributed by atoms with E-state index in [-0.39, 0.29) is 16.9 Å². The molecule has 1 aliphatic rings. The molecule has 1 fully saturated rings. The molecule has 8 heteroatoms. The zero-order valence-electron chi connectivity index (χ0n) is 13.7. The minimum absolute atomic E-state index is 0.0651. The Morgan fingerprint density at radius 1 is 1.29 bits per heavy atom. The van der Waals surface area contributed by atoms with Gasteiger partial charge in [0.05, 0.1) is 10.9 Å². The number of aromatic nitrogens is 3. The molecule has 2 aromatic rings. The number of rotatable bonds is 3. The number of aldehydes is 1. The lowest BCUT2D eigenvalue weighted by Crippen LogP contribution is -2.48. The van der Waals surface area contributed by atoms with Gasteiger partial charge in [0.2, 0.25) is 17.3 Å². The third-order valence-electron chi connectivity index (χ3n) is 4.31. The van der Waals surface area contributed by atoms with Crippen molar-refractivity contribution in [3.05, 3.63) is 28.2 Å². The minimum atomic E-state index is -0.349. The van der Waals surface area contributed by atoms with Crippen molar-refractivity contribution in [2.75, 3.05) is 31.1 Å². The first-order chi connectivity index (χ1) is 11.5. The summed E-state index contributed by atoms with van der Waals surface area (Å²) in [5.41, 5.74) is 0.278. The molecule has 0 spiro atoms. The average Bonchev–Trinajstić information content (AvgIpc) is 2.62. The molecular weight excluding hydrogens is 310 g/mol. The van der Waals surface area contributed by atoms with Crippen LogP contribution in [-0.4, -0.2) is 57.8 Å². The Kier molecular flexibility index (Phi) is 4.28. The molecule has 2 aromatic heterocycles. The molecular formula is C16H19N5O3. The predicted octanol–water partition coefficient (Wildman–Crippen LogP) is 0.292. The van der Waals surface area contributed by atoms with Crippen molar-refractivity contribution in [1.82, 2.24) is 19.4 Å². The van der Waals surface area contributed by atoms with E-state index in [1.54, 1.807) is 16.4 Å². The van der Waals surface area contributed by atoms with Gasteiger partial charge in [-0.25, -0.2) is 4.98 Å². The maximum atomic E-state index is 12.3. The summed E-state index contributed by atoms with van der Waals surface area (Å²) >= 11 is 0. The predicted molar refractivity (Wildman–Crippen MR) is 89.3 cm³/mol. The molecule has 0 atom stereocenters. The summed E-state index contributed by atoms with van der Waals surface area (Å²) < 4.78 is 1.78. The van der Waals surface area contributed by atoms with Gasteiger partial charge in [-0.2, -0.15) is 4.98 Å². The number of hydrogen-bond acceptors (Lipinski definition) is 6. The van der Waals surface area contributed by atoms with E-state index in [9.17, 15) is 14.4 Å². The van der Waals surface area contributed by atoms with E-state index in [4.69, 9.17) is 0 Å². The molecule has 0 aliphatic carbocycles. The van der Waals surface area contributed by atoms with E-state index in [1.807, 2.05) is 11.8 Å². The van der Waals surface area contributed by atoms with Crippen LogP contribution >= 0.6 is 0 Å². The van der Waals surface area contributed by atoms with Crippen LogP contribution < -0.4 is 10.3 Å². The molecule has 3 rings (SSSR count). The first kappa shape index (κ1) is 16.1. The third-order valence-corrected chi connectivity index (χ3v) is 4.31. The first-order valence-corrected chi connectivity index (χ1v) is 7.91. The van der Waals surface area contributed by atoms with Crippen molar-refractivity contribution in [2.45, 2.75) is 20.4 Å². The fourth-order valence-electron chi connectivity index (χ4n) is 2.88. The Morgan fingerprint density at radius 3 is 2.58 bits per heavy atom. The third kappa shape index (κ3) is 2.75. The summed E-state index contributed by atoms with van der Waals surface area (Å²) in [5, 5.41) is 0.340. The normalized spacial score (nSPS) is 14.9. The van der Waals surface area contributed by atoms with Gasteiger partial charge >= 0.3 is 0 Å². The van der Waals surface area contributed by atoms with E-state index in [0.717, 1.165) is 0 Å². The van der Waals surface area contributed by atoms with Crippen molar-refractivity contribution >= 4 is 29.2 Å². The fraction of sp³-hybridized carbons (Fsp3) is 0.438. The highest BCUT2D eigenvalue weighted by atomic mass is 16.2. The smallest absolute Gasteiger partial charge is 0.227 e. The zero-order valence-corrected chi connectivity index (χ0v) is 13.7. The summed E-state index contributed by atoms with van der Waals surface area (Å²) in [4.78, 5) is 47.3. The SMILES string of the molecule is CCn1cc(C=O)c(=O)c2cnc(N3CCN(C(C)=O)CC3)nc21. The fourth-order valence-corrected chi connectivity index (χ4v) is 2.88. The lowest BCUT2D eigenvalue weighted by atomic mass is 10.2. The lowest BCUT2D eigenvalue weighted by Gasteiger charge is -2.34. The molecule has 1 amide bonds. The number of piperazine rings is 1. The van der Waals surface area contributed by atoms with Gasteiger partial charge in [-0.1, -0.05) is 0 Å². The molecule has 1 aliphatic heterocycles. The van der Waals surface area contributed by atoms with Crippen LogP contribution in [0.1, 0.15) is 24.2 Å². The zero-order chi connectivity index (χ0) is 17.3. The number of nitrogens with zero attached hydrogens (tertiary/aromatic N) is 5. The largest absolute Gasteiger partial charge is 0.339 e. The van der Waals surface area contributed by atoms with Crippen molar-refractivity contribution in [2.24, 2.45) is 0 Å². The summed E-state index contributed by atoms with van der Waals surface area (Å²) in [5.74, 6) is 0.599. The number of anilines is 1. The number of fused-ring (bicyclic) bond motifs is 1. The van der Waals surface area contributed by atoms with Gasteiger partial charge in [0, 0.05) is 52.0 Å². The summed E-state index contributed by atoms with van der Waals surface area (Å²) in [6.07, 6.45) is 3.57. The van der Waals surface area contributed by atoms with Crippen molar-refractivity contribution < 1.29 is 9.59 Å². The highest BCUT2D eigenvalue weighted by Gasteiger charge is 2.21. The van der Waals surface area contributed by atoms with Crippen molar-refractivity contribution in [1.29, 1.82) is 0 Å². The Hall–Kier alpha value is -2.77. The van der Waals surface area contributed by atoms with Crippen LogP contribution in [0.2, 0.25) is 0 Å². The minimum Gasteiger partial charge on any atom is -0.339 e. The van der Waals surface area contributed by atoms with E-state index in [2.05, 4.69) is 9.97 Å². The molecule has 8 nitrogen and oxygen atoms in total. The monoisotopic (exact) mass is 329 g/mol. The molecule has 0 bridgehead atoms. The van der Waals surface area contributed by atoms with Gasteiger partial charge in [0.15, 0.2) is 6.29 Å². The first-order valence-electron chi connectivity index (χ1n) is 7.91. The van der Waals surface area contributed by atoms with Crippen LogP contribution in [0.15, 0.2) is 17.2 Å². The second kappa shape index (κ2) is 6.38. The molecule has 24 heavy (non-hydrogen) atoms. The van der Waals surface area contributed by atoms with E-state index >= 15 is 0 Å². The van der Waals surface area contributed by atoms with E-state index < -0.39 is 0 Å². The molecule has 3 heterocycles. The standard InChI is InChI=1S/C16H19N5O3/c1-3-19-9-12(10-22)14(24)13-8-17-16(18-15(13)19)21-6-4-20(5-7-21)11(2)23/h8-10H,3-7H2,1-2H3. The molecule has 0 aromatic carbocycles. The van der Waals surface area contributed by atoms with Gasteiger partial charge < -0.3 is 14.4 Å². The molecule has 1 saturated heterocycles. The van der Waals surface area contributed by atoms with Gasteiger partial charge in [-0.3, -0.25) is 14.4 Å². The van der Waals surface area contributed by atoms with Crippen LogP contribution in [0, 0.1) is 0 Å². The van der Waals surface area contributed by atoms with Crippen LogP contribution in [0.4, 0.5) is 5.95 Å². The number of aryl methyl sites for hydroxylation is 1. The quantitative estimate of drug-likeness (QED) is 0.752. The second-order valence-electron chi connectivity index (χ2n) is 5.72. The molecule has 126 valence electrons. The molecule has 0 saturated carbocycles. The Labute approximate surface area is 138 Å². The number of carbonyl (C=O) groups excluding carboxylic acids is 2. The summed E-state index contributed by atoms with van der Waals surface area (Å²) in [6.45, 7) is 6.62. The highest BCUT2D eigenvalue weighted by molar-refractivity contribution is 5.84. The maximum Gasteiger partial charge on any atom is 0.227 e. The Bertz CT molecular complexity index is 853. The van der Waals surface area contributed by atoms with Gasteiger partial charge in [0.1, 0.15) is 5.65 Å². The lowest BCUT2D eigenvalue weighted by molar-refractivity contribution is -0.129. The molecule has 0 unspecified atom stereocenters. The van der Waals surface area contributed by atoms with Gasteiger partial charge in [-0.05, 0) is 6.92 Å². The summed E-state index contributed by atoms with van der Waals surface area (Å²) in [7, 11) is 0. The van der Waals surface area contributed by atoms with Crippen LogP contribution in [0.5, 0.6) is 0 Å².